The lowest BCUT2D eigenvalue weighted by atomic mass is 9.77. The first-order chi connectivity index (χ1) is 46.1. The molecular formula is C91H182O3. The average molecular weight is 1320 g/mol. The first kappa shape index (κ1) is 95.4. The molecule has 0 amide bonds. The molecule has 3 heteroatoms. The highest BCUT2D eigenvalue weighted by molar-refractivity contribution is 5.86. The van der Waals surface area contributed by atoms with Crippen LogP contribution < -0.4 is 0 Å². The van der Waals surface area contributed by atoms with Gasteiger partial charge in [0.2, 0.25) is 0 Å². The molecule has 0 aliphatic heterocycles. The van der Waals surface area contributed by atoms with Gasteiger partial charge in [0.05, 0.1) is 12.2 Å². The van der Waals surface area contributed by atoms with E-state index in [1.165, 1.54) is 449 Å². The largest absolute Gasteiger partial charge is 0.392 e. The molecule has 94 heavy (non-hydrogen) atoms. The van der Waals surface area contributed by atoms with E-state index in [0.29, 0.717) is 6.10 Å². The van der Waals surface area contributed by atoms with Crippen molar-refractivity contribution in [3.05, 3.63) is 12.2 Å². The monoisotopic (exact) mass is 1320 g/mol. The summed E-state index contributed by atoms with van der Waals surface area (Å²) in [5.41, 5.74) is -0.371. The number of hydrogen-bond acceptors (Lipinski definition) is 3. The Morgan fingerprint density at radius 3 is 0.745 bits per heavy atom. The molecule has 0 rings (SSSR count). The van der Waals surface area contributed by atoms with Crippen molar-refractivity contribution in [3.63, 3.8) is 0 Å². The first-order valence-electron chi connectivity index (χ1n) is 44.5. The van der Waals surface area contributed by atoms with Crippen LogP contribution in [-0.4, -0.2) is 30.2 Å². The number of Topliss-reactive ketones (excluding diaryl/α,β-unsaturated/α-hetero) is 1. The molecule has 564 valence electrons. The van der Waals surface area contributed by atoms with Crippen molar-refractivity contribution in [2.75, 3.05) is 7.11 Å². The molecule has 0 radical (unpaired) electrons. The van der Waals surface area contributed by atoms with Gasteiger partial charge in [-0.05, 0) is 50.9 Å². The Labute approximate surface area is 596 Å². The second kappa shape index (κ2) is 81.3. The third-order valence-corrected chi connectivity index (χ3v) is 21.7. The summed E-state index contributed by atoms with van der Waals surface area (Å²) >= 11 is 0. The summed E-state index contributed by atoms with van der Waals surface area (Å²) in [6.07, 6.45) is 107. The Balaban J connectivity index is 0. The third-order valence-electron chi connectivity index (χ3n) is 21.7. The summed E-state index contributed by atoms with van der Waals surface area (Å²) in [7, 11) is 1.94. The molecule has 0 aliphatic carbocycles. The van der Waals surface area contributed by atoms with Crippen LogP contribution in [0.5, 0.6) is 0 Å². The van der Waals surface area contributed by atoms with E-state index in [0.717, 1.165) is 31.6 Å². The molecular weight excluding hydrogens is 1140 g/mol. The van der Waals surface area contributed by atoms with Gasteiger partial charge < -0.3 is 9.84 Å². The topological polar surface area (TPSA) is 46.5 Å². The van der Waals surface area contributed by atoms with Crippen LogP contribution in [0.25, 0.3) is 0 Å². The van der Waals surface area contributed by atoms with E-state index >= 15 is 0 Å². The fourth-order valence-corrected chi connectivity index (χ4v) is 14.9. The number of methoxy groups -OCH3 is 1. The predicted octanol–water partition coefficient (Wildman–Crippen LogP) is 32.7. The minimum Gasteiger partial charge on any atom is -0.392 e. The maximum absolute atomic E-state index is 13.3. The van der Waals surface area contributed by atoms with Crippen LogP contribution in [0.15, 0.2) is 12.2 Å². The predicted molar refractivity (Wildman–Crippen MR) is 427 cm³/mol. The summed E-state index contributed by atoms with van der Waals surface area (Å²) in [6.45, 7) is 17.7. The van der Waals surface area contributed by atoms with Crippen molar-refractivity contribution >= 4 is 5.78 Å². The Bertz CT molecular complexity index is 1400. The summed E-state index contributed by atoms with van der Waals surface area (Å²) in [6, 6.07) is 0. The number of allylic oxidation sites excluding steroid dienone is 2. The van der Waals surface area contributed by atoms with Crippen LogP contribution in [-0.2, 0) is 9.53 Å². The summed E-state index contributed by atoms with van der Waals surface area (Å²) in [4.78, 5) is 13.3. The van der Waals surface area contributed by atoms with Gasteiger partial charge in [-0.15, -0.1) is 0 Å². The fourth-order valence-electron chi connectivity index (χ4n) is 14.9. The van der Waals surface area contributed by atoms with Gasteiger partial charge in [-0.2, -0.15) is 0 Å². The molecule has 1 N–H and O–H groups in total. The van der Waals surface area contributed by atoms with Gasteiger partial charge in [0.1, 0.15) is 5.78 Å². The van der Waals surface area contributed by atoms with Crippen molar-refractivity contribution in [3.8, 4) is 0 Å². The molecule has 0 saturated heterocycles. The van der Waals surface area contributed by atoms with Crippen LogP contribution in [0.4, 0.5) is 0 Å². The molecule has 0 bridgehead atoms. The average Bonchev–Trinajstić information content (AvgIpc) is 1.44. The highest BCUT2D eigenvalue weighted by atomic mass is 16.5. The van der Waals surface area contributed by atoms with E-state index in [-0.39, 0.29) is 17.1 Å². The van der Waals surface area contributed by atoms with Gasteiger partial charge in [-0.3, -0.25) is 4.79 Å². The molecule has 0 aromatic heterocycles. The lowest BCUT2D eigenvalue weighted by Gasteiger charge is -2.28. The second-order valence-electron chi connectivity index (χ2n) is 32.4. The number of carbonyl (C=O) groups excluding carboxylic acids is 1. The zero-order valence-electron chi connectivity index (χ0n) is 67.1. The lowest BCUT2D eigenvalue weighted by molar-refractivity contribution is -0.134. The molecule has 0 aromatic carbocycles. The zero-order valence-corrected chi connectivity index (χ0v) is 67.1. The maximum Gasteiger partial charge on any atom is 0.143 e. The fraction of sp³-hybridized carbons (Fsp3) is 0.967. The van der Waals surface area contributed by atoms with Crippen molar-refractivity contribution in [2.45, 2.75) is 543 Å². The number of ketones is 1. The molecule has 0 saturated carbocycles. The first-order valence-corrected chi connectivity index (χ1v) is 44.5. The molecule has 3 nitrogen and oxygen atoms in total. The molecule has 4 atom stereocenters. The van der Waals surface area contributed by atoms with Crippen LogP contribution in [0.1, 0.15) is 531 Å². The third kappa shape index (κ3) is 75.5. The van der Waals surface area contributed by atoms with E-state index < -0.39 is 6.10 Å². The molecule has 0 aromatic rings. The normalized spacial score (nSPS) is 13.3. The smallest absolute Gasteiger partial charge is 0.143 e. The molecule has 0 aliphatic rings. The maximum atomic E-state index is 13.3. The van der Waals surface area contributed by atoms with E-state index in [1.54, 1.807) is 0 Å². The van der Waals surface area contributed by atoms with Gasteiger partial charge in [0, 0.05) is 18.4 Å². The quantitative estimate of drug-likeness (QED) is 0.0488. The number of unbranched alkanes of at least 4 members (excludes halogenated alkanes) is 65. The Hall–Kier alpha value is -0.670. The minimum atomic E-state index is -0.463. The van der Waals surface area contributed by atoms with Crippen molar-refractivity contribution in [1.82, 2.24) is 0 Å². The molecule has 0 spiro atoms. The summed E-state index contributed by atoms with van der Waals surface area (Å²) < 4.78 is 5.91. The van der Waals surface area contributed by atoms with Gasteiger partial charge >= 0.3 is 0 Å². The van der Waals surface area contributed by atoms with Crippen LogP contribution in [0.2, 0.25) is 0 Å². The minimum absolute atomic E-state index is 0.177. The summed E-state index contributed by atoms with van der Waals surface area (Å²) in [5, 5.41) is 11.1. The highest BCUT2D eigenvalue weighted by Crippen LogP contribution is 2.30. The van der Waals surface area contributed by atoms with Crippen LogP contribution in [0.3, 0.4) is 0 Å². The van der Waals surface area contributed by atoms with E-state index in [2.05, 4.69) is 46.8 Å². The molecule has 0 fully saturated rings. The number of aliphatic hydroxyl groups is 1. The van der Waals surface area contributed by atoms with Gasteiger partial charge in [-0.25, -0.2) is 0 Å². The number of rotatable bonds is 79. The van der Waals surface area contributed by atoms with Gasteiger partial charge in [-0.1, -0.05) is 498 Å². The number of carbonyl (C=O) groups is 1. The Morgan fingerprint density at radius 2 is 0.500 bits per heavy atom. The standard InChI is InChI=1S/C52H102O2.C39H80O/c1-6-8-10-12-14-16-18-20-22-24-26-27-28-30-32-34-36-38-40-42-44-46-48-50(53)49(51(54)52(3,4)5)47-45-43-41-39-37-35-33-31-29-25-23-21-19-17-15-13-11-9-7-2;1-5-7-9-11-13-15-17-19-21-22-23-24-26-28-30-32-34-36-38(3)39(40-4)37-35-33-31-29-27-25-20-18-16-14-12-10-8-6-2/h10,12,49-50,53H,6-9,11,13-48H2,1-5H3;38-39H,5-37H2,1-4H3/b12-10+;. The highest BCUT2D eigenvalue weighted by Gasteiger charge is 2.33. The summed E-state index contributed by atoms with van der Waals surface area (Å²) in [5.74, 6) is 0.820. The Morgan fingerprint density at radius 1 is 0.287 bits per heavy atom. The van der Waals surface area contributed by atoms with Crippen molar-refractivity contribution in [1.29, 1.82) is 0 Å². The number of ether oxygens (including phenoxy) is 1. The number of aliphatic hydroxyl groups excluding tert-OH is 1. The van der Waals surface area contributed by atoms with Crippen molar-refractivity contribution in [2.24, 2.45) is 17.3 Å². The second-order valence-corrected chi connectivity index (χ2v) is 32.4. The zero-order chi connectivity index (χ0) is 68.8. The van der Waals surface area contributed by atoms with E-state index in [9.17, 15) is 9.90 Å². The Kier molecular flexibility index (Phi) is 82.5. The van der Waals surface area contributed by atoms with Gasteiger partial charge in [0.15, 0.2) is 0 Å². The molecule has 0 heterocycles. The number of hydrogen-bond donors (Lipinski definition) is 1. The van der Waals surface area contributed by atoms with Crippen LogP contribution in [0, 0.1) is 17.3 Å². The van der Waals surface area contributed by atoms with Gasteiger partial charge in [0.25, 0.3) is 0 Å². The van der Waals surface area contributed by atoms with Crippen LogP contribution >= 0.6 is 0 Å². The van der Waals surface area contributed by atoms with E-state index in [4.69, 9.17) is 4.74 Å². The lowest BCUT2D eigenvalue weighted by Crippen LogP contribution is -2.36. The molecule has 4 unspecified atom stereocenters. The SMILES string of the molecule is CCC/C=C/CCCCCCCCCCCCCCCCCCCC(O)C(CCCCCCCCCCCCCCCCCCCCC)C(=O)C(C)(C)C.CCCCCCCCCCCCCCCCCCCC(C)C(CCCCCCCCCCCCCCCC)OC. The van der Waals surface area contributed by atoms with Crippen molar-refractivity contribution < 1.29 is 14.6 Å². The van der Waals surface area contributed by atoms with E-state index in [1.807, 2.05) is 27.9 Å².